The monoisotopic (exact) mass is 239 g/mol. The van der Waals surface area contributed by atoms with Gasteiger partial charge >= 0.3 is 0 Å². The SMILES string of the molecule is COc1c(Cl)cccc1C(=O)C=CN(C)C. The van der Waals surface area contributed by atoms with Crippen LogP contribution in [0.15, 0.2) is 30.5 Å². The van der Waals surface area contributed by atoms with Crippen LogP contribution in [0.25, 0.3) is 0 Å². The van der Waals surface area contributed by atoms with E-state index in [9.17, 15) is 4.79 Å². The summed E-state index contributed by atoms with van der Waals surface area (Å²) in [6, 6.07) is 5.10. The Bertz CT molecular complexity index is 413. The average molecular weight is 240 g/mol. The van der Waals surface area contributed by atoms with Crippen molar-refractivity contribution < 1.29 is 9.53 Å². The Hall–Kier alpha value is -1.48. The van der Waals surface area contributed by atoms with Crippen molar-refractivity contribution in [3.05, 3.63) is 41.1 Å². The van der Waals surface area contributed by atoms with Gasteiger partial charge in [0.15, 0.2) is 5.78 Å². The maximum Gasteiger partial charge on any atom is 0.191 e. The standard InChI is InChI=1S/C12H14ClNO2/c1-14(2)8-7-11(15)9-5-4-6-10(13)12(9)16-3/h4-8H,1-3H3. The molecule has 0 N–H and O–H groups in total. The van der Waals surface area contributed by atoms with Gasteiger partial charge in [-0.2, -0.15) is 0 Å². The largest absolute Gasteiger partial charge is 0.494 e. The number of hydrogen-bond donors (Lipinski definition) is 0. The number of nitrogens with zero attached hydrogens (tertiary/aromatic N) is 1. The molecular formula is C12H14ClNO2. The second kappa shape index (κ2) is 5.56. The van der Waals surface area contributed by atoms with Gasteiger partial charge in [0.1, 0.15) is 5.75 Å². The summed E-state index contributed by atoms with van der Waals surface area (Å²) in [4.78, 5) is 13.6. The number of allylic oxidation sites excluding steroid dienone is 1. The molecule has 0 unspecified atom stereocenters. The van der Waals surface area contributed by atoms with Crippen LogP contribution in [0.2, 0.25) is 5.02 Å². The van der Waals surface area contributed by atoms with E-state index in [0.717, 1.165) is 0 Å². The van der Waals surface area contributed by atoms with Crippen molar-refractivity contribution in [3.63, 3.8) is 0 Å². The lowest BCUT2D eigenvalue weighted by Gasteiger charge is -2.08. The molecule has 0 amide bonds. The fourth-order valence-electron chi connectivity index (χ4n) is 1.22. The highest BCUT2D eigenvalue weighted by atomic mass is 35.5. The molecule has 0 spiro atoms. The maximum atomic E-state index is 11.8. The van der Waals surface area contributed by atoms with E-state index in [2.05, 4.69) is 0 Å². The Labute approximate surface area is 100 Å². The first-order valence-corrected chi connectivity index (χ1v) is 5.15. The molecule has 0 aliphatic carbocycles. The Morgan fingerprint density at radius 2 is 2.12 bits per heavy atom. The van der Waals surface area contributed by atoms with Gasteiger partial charge in [-0.25, -0.2) is 0 Å². The van der Waals surface area contributed by atoms with Crippen molar-refractivity contribution in [1.82, 2.24) is 4.90 Å². The summed E-state index contributed by atoms with van der Waals surface area (Å²) in [5, 5.41) is 0.437. The van der Waals surface area contributed by atoms with Gasteiger partial charge in [0.05, 0.1) is 17.7 Å². The molecule has 16 heavy (non-hydrogen) atoms. The van der Waals surface area contributed by atoms with Crippen LogP contribution in [0.1, 0.15) is 10.4 Å². The summed E-state index contributed by atoms with van der Waals surface area (Å²) >= 11 is 5.92. The van der Waals surface area contributed by atoms with E-state index in [1.54, 1.807) is 29.3 Å². The van der Waals surface area contributed by atoms with Gasteiger partial charge in [0.2, 0.25) is 0 Å². The van der Waals surface area contributed by atoms with E-state index in [1.165, 1.54) is 13.2 Å². The summed E-state index contributed by atoms with van der Waals surface area (Å²) in [7, 11) is 5.19. The topological polar surface area (TPSA) is 29.5 Å². The number of rotatable bonds is 4. The number of carbonyl (C=O) groups excluding carboxylic acids is 1. The third kappa shape index (κ3) is 3.00. The molecule has 1 aromatic carbocycles. The fourth-order valence-corrected chi connectivity index (χ4v) is 1.47. The second-order valence-corrected chi connectivity index (χ2v) is 3.87. The predicted molar refractivity (Wildman–Crippen MR) is 65.2 cm³/mol. The first-order chi connectivity index (χ1) is 7.56. The van der Waals surface area contributed by atoms with Gasteiger partial charge in [0.25, 0.3) is 0 Å². The van der Waals surface area contributed by atoms with E-state index < -0.39 is 0 Å². The van der Waals surface area contributed by atoms with Crippen molar-refractivity contribution in [2.45, 2.75) is 0 Å². The molecule has 0 aliphatic rings. The molecule has 1 rings (SSSR count). The molecule has 1 aromatic rings. The third-order valence-corrected chi connectivity index (χ3v) is 2.26. The van der Waals surface area contributed by atoms with Crippen LogP contribution in [-0.2, 0) is 0 Å². The molecule has 0 aromatic heterocycles. The molecule has 0 heterocycles. The first kappa shape index (κ1) is 12.6. The molecule has 0 bridgehead atoms. The van der Waals surface area contributed by atoms with Crippen molar-refractivity contribution in [2.75, 3.05) is 21.2 Å². The molecule has 0 atom stereocenters. The predicted octanol–water partition coefficient (Wildman–Crippen LogP) is 2.61. The van der Waals surface area contributed by atoms with Crippen molar-refractivity contribution in [1.29, 1.82) is 0 Å². The van der Waals surface area contributed by atoms with Crippen LogP contribution < -0.4 is 4.74 Å². The van der Waals surface area contributed by atoms with Crippen LogP contribution in [0, 0.1) is 0 Å². The van der Waals surface area contributed by atoms with E-state index >= 15 is 0 Å². The van der Waals surface area contributed by atoms with Crippen LogP contribution in [-0.4, -0.2) is 31.9 Å². The van der Waals surface area contributed by atoms with Crippen LogP contribution in [0.4, 0.5) is 0 Å². The van der Waals surface area contributed by atoms with Crippen molar-refractivity contribution >= 4 is 17.4 Å². The number of ether oxygens (including phenoxy) is 1. The molecule has 0 saturated carbocycles. The number of hydrogen-bond acceptors (Lipinski definition) is 3. The quantitative estimate of drug-likeness (QED) is 0.598. The zero-order valence-electron chi connectivity index (χ0n) is 9.53. The van der Waals surface area contributed by atoms with Gasteiger partial charge < -0.3 is 9.64 Å². The summed E-state index contributed by atoms with van der Waals surface area (Å²) in [6.07, 6.45) is 3.16. The van der Waals surface area contributed by atoms with Crippen LogP contribution in [0.5, 0.6) is 5.75 Å². The zero-order chi connectivity index (χ0) is 12.1. The maximum absolute atomic E-state index is 11.8. The van der Waals surface area contributed by atoms with Gasteiger partial charge in [-0.15, -0.1) is 0 Å². The molecule has 4 heteroatoms. The highest BCUT2D eigenvalue weighted by Crippen LogP contribution is 2.28. The second-order valence-electron chi connectivity index (χ2n) is 3.46. The smallest absolute Gasteiger partial charge is 0.191 e. The highest BCUT2D eigenvalue weighted by Gasteiger charge is 2.12. The molecule has 86 valence electrons. The summed E-state index contributed by atoms with van der Waals surface area (Å²) in [5.74, 6) is 0.283. The summed E-state index contributed by atoms with van der Waals surface area (Å²) in [5.41, 5.74) is 0.466. The number of ketones is 1. The van der Waals surface area contributed by atoms with Gasteiger partial charge in [-0.1, -0.05) is 17.7 Å². The Kier molecular flexibility index (Phi) is 4.38. The number of halogens is 1. The lowest BCUT2D eigenvalue weighted by molar-refractivity contribution is 0.104. The zero-order valence-corrected chi connectivity index (χ0v) is 10.3. The van der Waals surface area contributed by atoms with Crippen molar-refractivity contribution in [3.8, 4) is 5.75 Å². The molecule has 0 aliphatic heterocycles. The number of methoxy groups -OCH3 is 1. The molecular weight excluding hydrogens is 226 g/mol. The number of benzene rings is 1. The minimum absolute atomic E-state index is 0.131. The third-order valence-electron chi connectivity index (χ3n) is 1.96. The number of para-hydroxylation sites is 1. The van der Waals surface area contributed by atoms with Gasteiger partial charge in [0, 0.05) is 26.4 Å². The highest BCUT2D eigenvalue weighted by molar-refractivity contribution is 6.32. The lowest BCUT2D eigenvalue weighted by atomic mass is 10.1. The van der Waals surface area contributed by atoms with Crippen LogP contribution >= 0.6 is 11.6 Å². The van der Waals surface area contributed by atoms with Crippen molar-refractivity contribution in [2.24, 2.45) is 0 Å². The fraction of sp³-hybridized carbons (Fsp3) is 0.250. The van der Waals surface area contributed by atoms with E-state index in [1.807, 2.05) is 14.1 Å². The summed E-state index contributed by atoms with van der Waals surface area (Å²) < 4.78 is 5.10. The molecule has 3 nitrogen and oxygen atoms in total. The first-order valence-electron chi connectivity index (χ1n) is 4.77. The average Bonchev–Trinajstić information content (AvgIpc) is 2.25. The Balaban J connectivity index is 3.04. The van der Waals surface area contributed by atoms with Crippen LogP contribution in [0.3, 0.4) is 0 Å². The van der Waals surface area contributed by atoms with E-state index in [-0.39, 0.29) is 5.78 Å². The van der Waals surface area contributed by atoms with E-state index in [0.29, 0.717) is 16.3 Å². The normalized spacial score (nSPS) is 10.5. The Morgan fingerprint density at radius 3 is 2.69 bits per heavy atom. The summed E-state index contributed by atoms with van der Waals surface area (Å²) in [6.45, 7) is 0. The minimum Gasteiger partial charge on any atom is -0.494 e. The molecule has 0 radical (unpaired) electrons. The van der Waals surface area contributed by atoms with E-state index in [4.69, 9.17) is 16.3 Å². The molecule has 0 fully saturated rings. The van der Waals surface area contributed by atoms with Gasteiger partial charge in [-0.05, 0) is 12.1 Å². The number of carbonyl (C=O) groups is 1. The minimum atomic E-state index is -0.131. The molecule has 0 saturated heterocycles. The van der Waals surface area contributed by atoms with Gasteiger partial charge in [-0.3, -0.25) is 4.79 Å². The lowest BCUT2D eigenvalue weighted by Crippen LogP contribution is -2.04. The Morgan fingerprint density at radius 1 is 1.44 bits per heavy atom.